The van der Waals surface area contributed by atoms with Crippen LogP contribution >= 0.6 is 0 Å². The predicted molar refractivity (Wildman–Crippen MR) is 75.5 cm³/mol. The molecular weight excluding hydrogens is 258 g/mol. The lowest BCUT2D eigenvalue weighted by atomic mass is 10.1. The molecule has 1 unspecified atom stereocenters. The van der Waals surface area contributed by atoms with Crippen LogP contribution < -0.4 is 0 Å². The number of benzene rings is 1. The van der Waals surface area contributed by atoms with Crippen molar-refractivity contribution in [2.24, 2.45) is 5.92 Å². The summed E-state index contributed by atoms with van der Waals surface area (Å²) in [5.74, 6) is -1.62. The second-order valence-electron chi connectivity index (χ2n) is 4.71. The minimum Gasteiger partial charge on any atom is -0.481 e. The third-order valence-corrected chi connectivity index (χ3v) is 3.10. The molecule has 1 atom stereocenters. The molecule has 20 heavy (non-hydrogen) atoms. The van der Waals surface area contributed by atoms with Gasteiger partial charge < -0.3 is 14.7 Å². The number of carbonyl (C=O) groups is 2. The van der Waals surface area contributed by atoms with E-state index < -0.39 is 11.9 Å². The maximum Gasteiger partial charge on any atom is 0.308 e. The third kappa shape index (κ3) is 4.35. The second-order valence-corrected chi connectivity index (χ2v) is 4.71. The van der Waals surface area contributed by atoms with E-state index in [0.29, 0.717) is 18.7 Å². The van der Waals surface area contributed by atoms with Gasteiger partial charge in [0, 0.05) is 25.8 Å². The molecule has 0 aliphatic heterocycles. The Hall–Kier alpha value is -1.88. The normalized spacial score (nSPS) is 11.9. The summed E-state index contributed by atoms with van der Waals surface area (Å²) < 4.78 is 5.02. The number of carbonyl (C=O) groups excluding carboxylic acids is 1. The van der Waals surface area contributed by atoms with Crippen LogP contribution in [-0.2, 0) is 16.1 Å². The zero-order valence-electron chi connectivity index (χ0n) is 12.1. The van der Waals surface area contributed by atoms with Crippen LogP contribution in [0.1, 0.15) is 29.8 Å². The molecule has 0 heterocycles. The van der Waals surface area contributed by atoms with Gasteiger partial charge in [0.1, 0.15) is 0 Å². The fraction of sp³-hybridized carbons (Fsp3) is 0.467. The van der Waals surface area contributed by atoms with E-state index in [-0.39, 0.29) is 12.5 Å². The van der Waals surface area contributed by atoms with Crippen LogP contribution in [-0.4, -0.2) is 42.1 Å². The predicted octanol–water partition coefficient (Wildman–Crippen LogP) is 2.02. The van der Waals surface area contributed by atoms with E-state index in [4.69, 9.17) is 9.84 Å². The molecule has 5 nitrogen and oxygen atoms in total. The Labute approximate surface area is 119 Å². The van der Waals surface area contributed by atoms with Gasteiger partial charge in [-0.1, -0.05) is 19.1 Å². The summed E-state index contributed by atoms with van der Waals surface area (Å²) in [4.78, 5) is 24.7. The standard InChI is InChI=1S/C15H21NO4/c1-4-16(9-11(2)15(18)19)14(17)13-7-5-12(6-8-13)10-20-3/h5-8,11H,4,9-10H2,1-3H3,(H,18,19). The highest BCUT2D eigenvalue weighted by Crippen LogP contribution is 2.10. The van der Waals surface area contributed by atoms with Crippen LogP contribution in [0.4, 0.5) is 0 Å². The Kier molecular flexibility index (Phi) is 6.18. The maximum absolute atomic E-state index is 12.3. The minimum atomic E-state index is -0.897. The van der Waals surface area contributed by atoms with Crippen molar-refractivity contribution >= 4 is 11.9 Å². The largest absolute Gasteiger partial charge is 0.481 e. The number of ether oxygens (including phenoxy) is 1. The molecule has 1 amide bonds. The van der Waals surface area contributed by atoms with Crippen LogP contribution in [0.3, 0.4) is 0 Å². The first-order valence-electron chi connectivity index (χ1n) is 6.59. The number of amides is 1. The fourth-order valence-electron chi connectivity index (χ4n) is 1.86. The SMILES string of the molecule is CCN(CC(C)C(=O)O)C(=O)c1ccc(COC)cc1. The molecule has 0 spiro atoms. The zero-order chi connectivity index (χ0) is 15.1. The Balaban J connectivity index is 2.77. The van der Waals surface area contributed by atoms with Crippen molar-refractivity contribution in [2.45, 2.75) is 20.5 Å². The number of carboxylic acid groups (broad SMARTS) is 1. The van der Waals surface area contributed by atoms with E-state index in [1.54, 1.807) is 31.1 Å². The maximum atomic E-state index is 12.3. The molecule has 0 bridgehead atoms. The number of aliphatic carboxylic acids is 1. The molecule has 0 fully saturated rings. The zero-order valence-corrected chi connectivity index (χ0v) is 12.1. The molecule has 1 aromatic rings. The minimum absolute atomic E-state index is 0.149. The van der Waals surface area contributed by atoms with Crippen molar-refractivity contribution in [1.29, 1.82) is 0 Å². The quantitative estimate of drug-likeness (QED) is 0.829. The number of hydrogen-bond donors (Lipinski definition) is 1. The first-order valence-corrected chi connectivity index (χ1v) is 6.59. The topological polar surface area (TPSA) is 66.8 Å². The molecule has 110 valence electrons. The lowest BCUT2D eigenvalue weighted by molar-refractivity contribution is -0.141. The van der Waals surface area contributed by atoms with Crippen molar-refractivity contribution in [3.63, 3.8) is 0 Å². The Morgan fingerprint density at radius 1 is 1.30 bits per heavy atom. The summed E-state index contributed by atoms with van der Waals surface area (Å²) in [5, 5.41) is 8.92. The van der Waals surface area contributed by atoms with E-state index in [1.807, 2.05) is 19.1 Å². The third-order valence-electron chi connectivity index (χ3n) is 3.10. The summed E-state index contributed by atoms with van der Waals surface area (Å²) in [6.07, 6.45) is 0. The molecule has 1 N–H and O–H groups in total. The highest BCUT2D eigenvalue weighted by atomic mass is 16.5. The van der Waals surface area contributed by atoms with Crippen molar-refractivity contribution in [2.75, 3.05) is 20.2 Å². The van der Waals surface area contributed by atoms with Crippen molar-refractivity contribution in [3.05, 3.63) is 35.4 Å². The van der Waals surface area contributed by atoms with Gasteiger partial charge in [0.15, 0.2) is 0 Å². The average molecular weight is 279 g/mol. The lowest BCUT2D eigenvalue weighted by Crippen LogP contribution is -2.36. The molecule has 5 heteroatoms. The Morgan fingerprint density at radius 2 is 1.90 bits per heavy atom. The van der Waals surface area contributed by atoms with Gasteiger partial charge in [0.2, 0.25) is 0 Å². The molecule has 1 aromatic carbocycles. The van der Waals surface area contributed by atoms with Crippen LogP contribution in [0, 0.1) is 5.92 Å². The van der Waals surface area contributed by atoms with Crippen molar-refractivity contribution in [1.82, 2.24) is 4.90 Å². The first-order chi connectivity index (χ1) is 9.49. The van der Waals surface area contributed by atoms with E-state index in [9.17, 15) is 9.59 Å². The number of rotatable bonds is 7. The van der Waals surface area contributed by atoms with Gasteiger partial charge in [-0.2, -0.15) is 0 Å². The van der Waals surface area contributed by atoms with Gasteiger partial charge in [-0.05, 0) is 24.6 Å². The van der Waals surface area contributed by atoms with Crippen molar-refractivity contribution < 1.29 is 19.4 Å². The van der Waals surface area contributed by atoms with E-state index in [2.05, 4.69) is 0 Å². The van der Waals surface area contributed by atoms with Gasteiger partial charge in [-0.25, -0.2) is 0 Å². The molecule has 0 aromatic heterocycles. The Morgan fingerprint density at radius 3 is 2.35 bits per heavy atom. The summed E-state index contributed by atoms with van der Waals surface area (Å²) >= 11 is 0. The summed E-state index contributed by atoms with van der Waals surface area (Å²) in [6.45, 7) is 4.63. The number of nitrogens with zero attached hydrogens (tertiary/aromatic N) is 1. The number of hydrogen-bond acceptors (Lipinski definition) is 3. The molecule has 0 aliphatic carbocycles. The van der Waals surface area contributed by atoms with Crippen LogP contribution in [0.25, 0.3) is 0 Å². The average Bonchev–Trinajstić information content (AvgIpc) is 2.44. The highest BCUT2D eigenvalue weighted by molar-refractivity contribution is 5.94. The number of carboxylic acids is 1. The fourth-order valence-corrected chi connectivity index (χ4v) is 1.86. The molecule has 0 aliphatic rings. The molecule has 0 saturated carbocycles. The van der Waals surface area contributed by atoms with E-state index in [0.717, 1.165) is 5.56 Å². The number of methoxy groups -OCH3 is 1. The molecule has 0 radical (unpaired) electrons. The molecular formula is C15H21NO4. The lowest BCUT2D eigenvalue weighted by Gasteiger charge is -2.23. The van der Waals surface area contributed by atoms with E-state index in [1.165, 1.54) is 0 Å². The van der Waals surface area contributed by atoms with Gasteiger partial charge >= 0.3 is 5.97 Å². The summed E-state index contributed by atoms with van der Waals surface area (Å²) in [5.41, 5.74) is 1.55. The van der Waals surface area contributed by atoms with Crippen LogP contribution in [0.2, 0.25) is 0 Å². The second kappa shape index (κ2) is 7.65. The molecule has 1 rings (SSSR count). The summed E-state index contributed by atoms with van der Waals surface area (Å²) in [6, 6.07) is 7.16. The van der Waals surface area contributed by atoms with Gasteiger partial charge in [-0.15, -0.1) is 0 Å². The monoisotopic (exact) mass is 279 g/mol. The van der Waals surface area contributed by atoms with Crippen molar-refractivity contribution in [3.8, 4) is 0 Å². The van der Waals surface area contributed by atoms with Gasteiger partial charge in [-0.3, -0.25) is 9.59 Å². The van der Waals surface area contributed by atoms with Gasteiger partial charge in [0.25, 0.3) is 5.91 Å². The highest BCUT2D eigenvalue weighted by Gasteiger charge is 2.20. The van der Waals surface area contributed by atoms with E-state index >= 15 is 0 Å². The molecule has 0 saturated heterocycles. The van der Waals surface area contributed by atoms with Crippen LogP contribution in [0.15, 0.2) is 24.3 Å². The smallest absolute Gasteiger partial charge is 0.308 e. The first kappa shape index (κ1) is 16.2. The Bertz CT molecular complexity index is 455. The van der Waals surface area contributed by atoms with Gasteiger partial charge in [0.05, 0.1) is 12.5 Å². The van der Waals surface area contributed by atoms with Crippen LogP contribution in [0.5, 0.6) is 0 Å². The summed E-state index contributed by atoms with van der Waals surface area (Å²) in [7, 11) is 1.62.